The number of nitrogens with two attached hydrogens (primary N) is 1. The van der Waals surface area contributed by atoms with Crippen LogP contribution in [0.4, 0.5) is 19.0 Å². The number of carbonyl (C=O) groups is 1. The minimum absolute atomic E-state index is 0.0606. The molecule has 0 saturated carbocycles. The van der Waals surface area contributed by atoms with Crippen LogP contribution >= 0.6 is 0 Å². The van der Waals surface area contributed by atoms with E-state index in [9.17, 15) is 18.0 Å². The van der Waals surface area contributed by atoms with Crippen LogP contribution in [0.25, 0.3) is 16.6 Å². The van der Waals surface area contributed by atoms with Gasteiger partial charge in [-0.1, -0.05) is 0 Å². The summed E-state index contributed by atoms with van der Waals surface area (Å²) in [4.78, 5) is 36.1. The van der Waals surface area contributed by atoms with Gasteiger partial charge in [-0.3, -0.25) is 14.2 Å². The molecule has 9 nitrogen and oxygen atoms in total. The Labute approximate surface area is 202 Å². The maximum Gasteiger partial charge on any atom is 0.417 e. The van der Waals surface area contributed by atoms with Crippen molar-refractivity contribution >= 4 is 28.3 Å². The number of hydrogen-bond donors (Lipinski definition) is 1. The van der Waals surface area contributed by atoms with E-state index in [2.05, 4.69) is 24.9 Å². The fraction of sp³-hybridized carbons (Fsp3) is 0.167. The number of alkyl halides is 3. The molecule has 0 unspecified atom stereocenters. The first-order chi connectivity index (χ1) is 17.2. The number of carbonyl (C=O) groups excluding carboxylic acids is 1. The number of pyridine rings is 1. The fourth-order valence-corrected chi connectivity index (χ4v) is 3.88. The van der Waals surface area contributed by atoms with Gasteiger partial charge >= 0.3 is 6.18 Å². The van der Waals surface area contributed by atoms with Crippen LogP contribution in [0.5, 0.6) is 0 Å². The Kier molecular flexibility index (Phi) is 5.71. The molecule has 0 bridgehead atoms. The maximum atomic E-state index is 13.8. The molecule has 0 radical (unpaired) electrons. The minimum atomic E-state index is -4.51. The zero-order valence-corrected chi connectivity index (χ0v) is 18.9. The zero-order chi connectivity index (χ0) is 25.4. The van der Waals surface area contributed by atoms with Crippen molar-refractivity contribution in [2.75, 3.05) is 5.73 Å². The van der Waals surface area contributed by atoms with E-state index in [4.69, 9.17) is 5.73 Å². The topological polar surface area (TPSA) is 115 Å². The van der Waals surface area contributed by atoms with E-state index in [0.717, 1.165) is 12.3 Å². The van der Waals surface area contributed by atoms with Crippen LogP contribution < -0.4 is 5.73 Å². The summed E-state index contributed by atoms with van der Waals surface area (Å²) in [7, 11) is 0. The van der Waals surface area contributed by atoms with Gasteiger partial charge in [0.25, 0.3) is 5.91 Å². The molecule has 0 saturated heterocycles. The smallest absolute Gasteiger partial charge is 0.382 e. The average Bonchev–Trinajstić information content (AvgIpc) is 3.38. The lowest BCUT2D eigenvalue weighted by Gasteiger charge is -2.28. The number of hydrogen-bond acceptors (Lipinski definition) is 7. The molecule has 5 aromatic rings. The van der Waals surface area contributed by atoms with Gasteiger partial charge < -0.3 is 10.6 Å². The van der Waals surface area contributed by atoms with Crippen LogP contribution in [0.3, 0.4) is 0 Å². The van der Waals surface area contributed by atoms with Gasteiger partial charge in [-0.2, -0.15) is 13.2 Å². The van der Waals surface area contributed by atoms with Crippen molar-refractivity contribution in [3.63, 3.8) is 0 Å². The number of rotatable bonds is 5. The summed E-state index contributed by atoms with van der Waals surface area (Å²) < 4.78 is 40.7. The number of anilines is 1. The number of aromatic nitrogens is 6. The molecule has 1 amide bonds. The third-order valence-corrected chi connectivity index (χ3v) is 5.80. The Bertz CT molecular complexity index is 1550. The van der Waals surface area contributed by atoms with Crippen LogP contribution in [0.2, 0.25) is 0 Å². The van der Waals surface area contributed by atoms with Crippen molar-refractivity contribution in [3.8, 4) is 0 Å². The van der Waals surface area contributed by atoms with E-state index >= 15 is 0 Å². The number of nitrogens with zero attached hydrogens (tertiary/aromatic N) is 7. The van der Waals surface area contributed by atoms with Gasteiger partial charge in [0.05, 0.1) is 47.4 Å². The fourth-order valence-electron chi connectivity index (χ4n) is 3.88. The van der Waals surface area contributed by atoms with Gasteiger partial charge in [0.1, 0.15) is 17.2 Å². The van der Waals surface area contributed by atoms with Gasteiger partial charge in [0.2, 0.25) is 0 Å². The first-order valence-corrected chi connectivity index (χ1v) is 10.8. The van der Waals surface area contributed by atoms with E-state index in [0.29, 0.717) is 33.8 Å². The monoisotopic (exact) mass is 492 g/mol. The average molecular weight is 492 g/mol. The lowest BCUT2D eigenvalue weighted by atomic mass is 10.1. The first-order valence-electron chi connectivity index (χ1n) is 10.8. The van der Waals surface area contributed by atoms with Gasteiger partial charge in [-0.05, 0) is 43.3 Å². The van der Waals surface area contributed by atoms with Crippen LogP contribution in [0, 0.1) is 0 Å². The highest BCUT2D eigenvalue weighted by atomic mass is 19.4. The molecule has 4 aromatic heterocycles. The molecule has 0 fully saturated rings. The molecule has 36 heavy (non-hydrogen) atoms. The first kappa shape index (κ1) is 23.1. The predicted molar refractivity (Wildman–Crippen MR) is 124 cm³/mol. The molecule has 1 atom stereocenters. The third-order valence-electron chi connectivity index (χ3n) is 5.80. The molecule has 5 rings (SSSR count). The third kappa shape index (κ3) is 4.28. The zero-order valence-electron chi connectivity index (χ0n) is 18.9. The van der Waals surface area contributed by atoms with E-state index in [-0.39, 0.29) is 18.1 Å². The SMILES string of the molecule is C[C@@H](c1ncccn1)N(Cc1ccc(C(F)(F)F)cn1)C(=O)c1ccc2nc(N)c3cncn3c2c1. The van der Waals surface area contributed by atoms with E-state index in [1.165, 1.54) is 11.0 Å². The Morgan fingerprint density at radius 3 is 2.56 bits per heavy atom. The van der Waals surface area contributed by atoms with E-state index < -0.39 is 17.8 Å². The van der Waals surface area contributed by atoms with E-state index in [1.807, 2.05) is 0 Å². The van der Waals surface area contributed by atoms with Gasteiger partial charge in [-0.25, -0.2) is 19.9 Å². The summed E-state index contributed by atoms with van der Waals surface area (Å²) in [5.74, 6) is 0.303. The van der Waals surface area contributed by atoms with Crippen molar-refractivity contribution in [2.24, 2.45) is 0 Å². The van der Waals surface area contributed by atoms with Crippen LogP contribution in [0.15, 0.2) is 67.5 Å². The second-order valence-electron chi connectivity index (χ2n) is 8.10. The van der Waals surface area contributed by atoms with Crippen molar-refractivity contribution in [1.29, 1.82) is 0 Å². The molecular formula is C24H19F3N8O. The van der Waals surface area contributed by atoms with Crippen molar-refractivity contribution in [2.45, 2.75) is 25.7 Å². The normalized spacial score (nSPS) is 12.7. The molecule has 0 aliphatic rings. The highest BCUT2D eigenvalue weighted by Crippen LogP contribution is 2.29. The van der Waals surface area contributed by atoms with Crippen LogP contribution in [-0.4, -0.2) is 40.1 Å². The molecule has 182 valence electrons. The van der Waals surface area contributed by atoms with Gasteiger partial charge in [0, 0.05) is 24.2 Å². The highest BCUT2D eigenvalue weighted by molar-refractivity contribution is 5.98. The van der Waals surface area contributed by atoms with Crippen molar-refractivity contribution in [1.82, 2.24) is 34.2 Å². The minimum Gasteiger partial charge on any atom is -0.382 e. The number of benzene rings is 1. The summed E-state index contributed by atoms with van der Waals surface area (Å²) in [6.45, 7) is 1.68. The summed E-state index contributed by atoms with van der Waals surface area (Å²) in [6, 6.07) is 8.21. The number of imidazole rings is 1. The van der Waals surface area contributed by atoms with Gasteiger partial charge in [-0.15, -0.1) is 0 Å². The Morgan fingerprint density at radius 2 is 1.86 bits per heavy atom. The standard InChI is InChI=1S/C24H19F3N8O/c1-14(22-30-7-2-8-31-22)34(12-17-5-4-16(10-32-17)24(25,26)27)23(36)15-3-6-18-19(9-15)35-13-29-11-20(35)21(28)33-18/h2-11,13-14H,12H2,1H3,(H2,28,33)/t14-/m0/s1. The summed E-state index contributed by atoms with van der Waals surface area (Å²) in [5, 5.41) is 0. The molecule has 0 spiro atoms. The molecule has 12 heteroatoms. The maximum absolute atomic E-state index is 13.8. The second-order valence-corrected chi connectivity index (χ2v) is 8.10. The summed E-state index contributed by atoms with van der Waals surface area (Å²) in [5.41, 5.74) is 7.55. The van der Waals surface area contributed by atoms with E-state index in [1.54, 1.807) is 60.5 Å². The molecule has 4 heterocycles. The van der Waals surface area contributed by atoms with Crippen molar-refractivity contribution in [3.05, 3.63) is 90.2 Å². The molecular weight excluding hydrogens is 473 g/mol. The molecule has 2 N–H and O–H groups in total. The van der Waals surface area contributed by atoms with Gasteiger partial charge in [0.15, 0.2) is 0 Å². The number of nitrogen functional groups attached to an aromatic ring is 1. The lowest BCUT2D eigenvalue weighted by Crippen LogP contribution is -2.34. The number of halogens is 3. The number of fused-ring (bicyclic) bond motifs is 3. The van der Waals surface area contributed by atoms with Crippen LogP contribution in [0.1, 0.15) is 40.4 Å². The Balaban J connectivity index is 1.55. The second kappa shape index (κ2) is 8.87. The quantitative estimate of drug-likeness (QED) is 0.393. The largest absolute Gasteiger partial charge is 0.417 e. The lowest BCUT2D eigenvalue weighted by molar-refractivity contribution is -0.137. The molecule has 0 aliphatic carbocycles. The Hall–Kier alpha value is -4.61. The molecule has 0 aliphatic heterocycles. The number of amides is 1. The summed E-state index contributed by atoms with van der Waals surface area (Å²) in [6.07, 6.45) is 2.51. The Morgan fingerprint density at radius 1 is 1.08 bits per heavy atom. The van der Waals surface area contributed by atoms with Crippen LogP contribution in [-0.2, 0) is 12.7 Å². The summed E-state index contributed by atoms with van der Waals surface area (Å²) >= 11 is 0. The predicted octanol–water partition coefficient (Wildman–Crippen LogP) is 4.07. The molecule has 1 aromatic carbocycles. The highest BCUT2D eigenvalue weighted by Gasteiger charge is 2.31. The van der Waals surface area contributed by atoms with Crippen molar-refractivity contribution < 1.29 is 18.0 Å².